The van der Waals surface area contributed by atoms with Crippen LogP contribution in [0.25, 0.3) is 0 Å². The summed E-state index contributed by atoms with van der Waals surface area (Å²) >= 11 is 4.95. The predicted octanol–water partition coefficient (Wildman–Crippen LogP) is 4.22. The molecule has 0 saturated heterocycles. The van der Waals surface area contributed by atoms with Gasteiger partial charge >= 0.3 is 0 Å². The Morgan fingerprint density at radius 1 is 0.900 bits per heavy atom. The molecule has 0 unspecified atom stereocenters. The van der Waals surface area contributed by atoms with E-state index in [9.17, 15) is 13.2 Å². The van der Waals surface area contributed by atoms with Crippen LogP contribution >= 0.6 is 12.2 Å². The van der Waals surface area contributed by atoms with Gasteiger partial charge in [-0.15, -0.1) is 0 Å². The topological polar surface area (TPSA) is 24.1 Å². The molecule has 6 heteroatoms. The third-order valence-corrected chi connectivity index (χ3v) is 2.75. The van der Waals surface area contributed by atoms with Gasteiger partial charge in [0.2, 0.25) is 0 Å². The number of rotatable bonds is 2. The van der Waals surface area contributed by atoms with Gasteiger partial charge in [-0.1, -0.05) is 6.07 Å². The minimum Gasteiger partial charge on any atom is -0.330 e. The van der Waals surface area contributed by atoms with Crippen LogP contribution in [0.3, 0.4) is 0 Å². The summed E-state index contributed by atoms with van der Waals surface area (Å²) in [5, 5.41) is 5.06. The summed E-state index contributed by atoms with van der Waals surface area (Å²) in [4.78, 5) is 0. The number of hydrogen-bond donors (Lipinski definition) is 2. The molecule has 0 aliphatic carbocycles. The molecule has 0 spiro atoms. The Balaban J connectivity index is 2.13. The van der Waals surface area contributed by atoms with Crippen LogP contribution in [0.15, 0.2) is 36.4 Å². The minimum atomic E-state index is -0.653. The lowest BCUT2D eigenvalue weighted by molar-refractivity contribution is 0.604. The van der Waals surface area contributed by atoms with Crippen LogP contribution in [0.1, 0.15) is 5.56 Å². The van der Waals surface area contributed by atoms with Crippen molar-refractivity contribution >= 4 is 28.7 Å². The SMILES string of the molecule is Cc1ccc(F)c(NC(=S)Nc2cc(F)ccc2F)c1. The largest absolute Gasteiger partial charge is 0.330 e. The molecular formula is C14H11F3N2S. The van der Waals surface area contributed by atoms with Crippen LogP contribution in [0, 0.1) is 24.4 Å². The maximum Gasteiger partial charge on any atom is 0.175 e. The highest BCUT2D eigenvalue weighted by Crippen LogP contribution is 2.18. The van der Waals surface area contributed by atoms with Gasteiger partial charge in [-0.3, -0.25) is 0 Å². The predicted molar refractivity (Wildman–Crippen MR) is 77.3 cm³/mol. The van der Waals surface area contributed by atoms with E-state index >= 15 is 0 Å². The number of benzene rings is 2. The first-order valence-corrected chi connectivity index (χ1v) is 6.16. The van der Waals surface area contributed by atoms with E-state index in [1.165, 1.54) is 6.07 Å². The number of thiocarbonyl (C=S) groups is 1. The summed E-state index contributed by atoms with van der Waals surface area (Å²) in [6.45, 7) is 1.80. The summed E-state index contributed by atoms with van der Waals surface area (Å²) in [7, 11) is 0. The van der Waals surface area contributed by atoms with Crippen molar-refractivity contribution in [1.29, 1.82) is 0 Å². The van der Waals surface area contributed by atoms with Crippen LogP contribution in [0.4, 0.5) is 24.5 Å². The van der Waals surface area contributed by atoms with Gasteiger partial charge in [-0.2, -0.15) is 0 Å². The maximum atomic E-state index is 13.5. The molecule has 104 valence electrons. The molecule has 0 aliphatic heterocycles. The molecule has 0 amide bonds. The van der Waals surface area contributed by atoms with E-state index in [4.69, 9.17) is 12.2 Å². The molecule has 0 bridgehead atoms. The van der Waals surface area contributed by atoms with E-state index < -0.39 is 17.5 Å². The molecule has 0 radical (unpaired) electrons. The maximum absolute atomic E-state index is 13.5. The normalized spacial score (nSPS) is 10.2. The van der Waals surface area contributed by atoms with Crippen LogP contribution in [0.2, 0.25) is 0 Å². The van der Waals surface area contributed by atoms with Crippen molar-refractivity contribution in [2.75, 3.05) is 10.6 Å². The molecule has 0 aromatic heterocycles. The zero-order valence-electron chi connectivity index (χ0n) is 10.5. The number of hydrogen-bond acceptors (Lipinski definition) is 1. The van der Waals surface area contributed by atoms with Crippen molar-refractivity contribution in [1.82, 2.24) is 0 Å². The van der Waals surface area contributed by atoms with Crippen molar-refractivity contribution < 1.29 is 13.2 Å². The van der Waals surface area contributed by atoms with Gasteiger partial charge in [-0.05, 0) is 49.0 Å². The van der Waals surface area contributed by atoms with Crippen molar-refractivity contribution in [3.05, 3.63) is 59.4 Å². The molecule has 2 rings (SSSR count). The average molecular weight is 296 g/mol. The fourth-order valence-electron chi connectivity index (χ4n) is 1.60. The standard InChI is InChI=1S/C14H11F3N2S/c1-8-2-4-10(16)12(6-8)18-14(20)19-13-7-9(15)3-5-11(13)17/h2-7H,1H3,(H2,18,19,20). The van der Waals surface area contributed by atoms with E-state index in [-0.39, 0.29) is 16.5 Å². The van der Waals surface area contributed by atoms with Crippen LogP contribution in [0.5, 0.6) is 0 Å². The smallest absolute Gasteiger partial charge is 0.175 e. The zero-order chi connectivity index (χ0) is 14.7. The minimum absolute atomic E-state index is 0.0287. The fraction of sp³-hybridized carbons (Fsp3) is 0.0714. The molecule has 0 atom stereocenters. The highest BCUT2D eigenvalue weighted by molar-refractivity contribution is 7.80. The zero-order valence-corrected chi connectivity index (χ0v) is 11.3. The number of aryl methyl sites for hydroxylation is 1. The Labute approximate surface area is 119 Å². The first-order chi connectivity index (χ1) is 9.45. The van der Waals surface area contributed by atoms with Crippen LogP contribution in [-0.4, -0.2) is 5.11 Å². The molecule has 0 aliphatic rings. The Morgan fingerprint density at radius 2 is 1.45 bits per heavy atom. The fourth-order valence-corrected chi connectivity index (χ4v) is 1.82. The Kier molecular flexibility index (Phi) is 4.24. The summed E-state index contributed by atoms with van der Waals surface area (Å²) < 4.78 is 40.0. The number of halogens is 3. The second-order valence-electron chi connectivity index (χ2n) is 4.19. The summed E-state index contributed by atoms with van der Waals surface area (Å²) in [6, 6.07) is 7.41. The molecule has 0 heterocycles. The van der Waals surface area contributed by atoms with Gasteiger partial charge in [0.1, 0.15) is 17.5 Å². The van der Waals surface area contributed by atoms with Gasteiger partial charge in [0.05, 0.1) is 11.4 Å². The van der Waals surface area contributed by atoms with E-state index in [1.807, 2.05) is 0 Å². The molecule has 2 N–H and O–H groups in total. The van der Waals surface area contributed by atoms with Gasteiger partial charge in [0.15, 0.2) is 5.11 Å². The Bertz CT molecular complexity index is 603. The van der Waals surface area contributed by atoms with Crippen molar-refractivity contribution in [3.63, 3.8) is 0 Å². The first-order valence-electron chi connectivity index (χ1n) is 5.75. The third kappa shape index (κ3) is 3.48. The van der Waals surface area contributed by atoms with Crippen LogP contribution in [-0.2, 0) is 0 Å². The highest BCUT2D eigenvalue weighted by atomic mass is 32.1. The lowest BCUT2D eigenvalue weighted by Gasteiger charge is -2.12. The number of nitrogens with one attached hydrogen (secondary N) is 2. The molecule has 2 nitrogen and oxygen atoms in total. The van der Waals surface area contributed by atoms with Crippen molar-refractivity contribution in [3.8, 4) is 0 Å². The van der Waals surface area contributed by atoms with E-state index in [0.717, 1.165) is 23.8 Å². The summed E-state index contributed by atoms with van der Waals surface area (Å²) in [5.74, 6) is -1.74. The monoisotopic (exact) mass is 296 g/mol. The van der Waals surface area contributed by atoms with E-state index in [2.05, 4.69) is 10.6 Å². The molecule has 20 heavy (non-hydrogen) atoms. The lowest BCUT2D eigenvalue weighted by Crippen LogP contribution is -2.20. The van der Waals surface area contributed by atoms with E-state index in [1.54, 1.807) is 19.1 Å². The molecule has 0 fully saturated rings. The lowest BCUT2D eigenvalue weighted by atomic mass is 10.2. The number of anilines is 2. The van der Waals surface area contributed by atoms with Crippen LogP contribution < -0.4 is 10.6 Å². The third-order valence-electron chi connectivity index (χ3n) is 2.55. The van der Waals surface area contributed by atoms with E-state index in [0.29, 0.717) is 0 Å². The summed E-state index contributed by atoms with van der Waals surface area (Å²) in [5.41, 5.74) is 0.892. The average Bonchev–Trinajstić information content (AvgIpc) is 2.38. The van der Waals surface area contributed by atoms with Crippen molar-refractivity contribution in [2.24, 2.45) is 0 Å². The summed E-state index contributed by atoms with van der Waals surface area (Å²) in [6.07, 6.45) is 0. The van der Waals surface area contributed by atoms with Gasteiger partial charge < -0.3 is 10.6 Å². The Hall–Kier alpha value is -2.08. The Morgan fingerprint density at radius 3 is 2.10 bits per heavy atom. The second-order valence-corrected chi connectivity index (χ2v) is 4.59. The highest BCUT2D eigenvalue weighted by Gasteiger charge is 2.08. The quantitative estimate of drug-likeness (QED) is 0.811. The molecule has 2 aromatic carbocycles. The molecule has 0 saturated carbocycles. The molecular weight excluding hydrogens is 285 g/mol. The van der Waals surface area contributed by atoms with Gasteiger partial charge in [0.25, 0.3) is 0 Å². The second kappa shape index (κ2) is 5.92. The first kappa shape index (κ1) is 14.3. The molecule has 2 aromatic rings. The van der Waals surface area contributed by atoms with Gasteiger partial charge in [-0.25, -0.2) is 13.2 Å². The van der Waals surface area contributed by atoms with Gasteiger partial charge in [0, 0.05) is 6.07 Å². The van der Waals surface area contributed by atoms with Crippen molar-refractivity contribution in [2.45, 2.75) is 6.92 Å².